The summed E-state index contributed by atoms with van der Waals surface area (Å²) >= 11 is 2.98. The second-order valence-corrected chi connectivity index (χ2v) is 6.66. The predicted molar refractivity (Wildman–Crippen MR) is 81.9 cm³/mol. The van der Waals surface area contributed by atoms with Crippen molar-refractivity contribution >= 4 is 27.3 Å². The van der Waals surface area contributed by atoms with Gasteiger partial charge in [0.2, 0.25) is 0 Å². The van der Waals surface area contributed by atoms with Gasteiger partial charge in [-0.15, -0.1) is 0 Å². The lowest BCUT2D eigenvalue weighted by Gasteiger charge is -2.15. The molecule has 1 unspecified atom stereocenters. The maximum absolute atomic E-state index is 13.6. The fraction of sp³-hybridized carbons (Fsp3) is 0.571. The van der Waals surface area contributed by atoms with Crippen LogP contribution < -0.4 is 5.32 Å². The van der Waals surface area contributed by atoms with Crippen molar-refractivity contribution in [3.05, 3.63) is 32.5 Å². The molecule has 1 aliphatic carbocycles. The molecule has 0 radical (unpaired) electrons. The molecule has 21 heavy (non-hydrogen) atoms. The van der Waals surface area contributed by atoms with Crippen molar-refractivity contribution in [1.82, 2.24) is 4.90 Å². The molecule has 1 atom stereocenters. The van der Waals surface area contributed by atoms with Crippen molar-refractivity contribution in [3.63, 3.8) is 0 Å². The second-order valence-electron chi connectivity index (χ2n) is 5.80. The van der Waals surface area contributed by atoms with Crippen LogP contribution in [0.25, 0.3) is 0 Å². The number of nitrogens with zero attached hydrogens (tertiary/aromatic N) is 2. The molecule has 0 bridgehead atoms. The van der Waals surface area contributed by atoms with E-state index in [1.165, 1.54) is 25.0 Å². The molecule has 5 nitrogen and oxygen atoms in total. The van der Waals surface area contributed by atoms with Gasteiger partial charge in [0.25, 0.3) is 5.69 Å². The fourth-order valence-corrected chi connectivity index (χ4v) is 3.22. The summed E-state index contributed by atoms with van der Waals surface area (Å²) in [6, 6.07) is 3.16. The van der Waals surface area contributed by atoms with Gasteiger partial charge in [0.05, 0.1) is 9.40 Å². The summed E-state index contributed by atoms with van der Waals surface area (Å²) in [6.07, 6.45) is 3.68. The number of nitro benzene ring substituents is 1. The van der Waals surface area contributed by atoms with Gasteiger partial charge >= 0.3 is 0 Å². The molecule has 0 aromatic heterocycles. The molecule has 2 fully saturated rings. The summed E-state index contributed by atoms with van der Waals surface area (Å²) in [5, 5.41) is 14.1. The first kappa shape index (κ1) is 14.7. The number of nitrogens with one attached hydrogen (secondary N) is 1. The normalized spacial score (nSPS) is 22.5. The summed E-state index contributed by atoms with van der Waals surface area (Å²) in [6.45, 7) is 2.78. The molecule has 1 heterocycles. The number of anilines is 1. The smallest absolute Gasteiger partial charge is 0.293 e. The minimum Gasteiger partial charge on any atom is -0.379 e. The SMILES string of the molecule is O=[N+]([O-])c1cc(Br)c(F)cc1NCC1CCN(C2CC2)C1. The van der Waals surface area contributed by atoms with Gasteiger partial charge < -0.3 is 10.2 Å². The van der Waals surface area contributed by atoms with Crippen LogP contribution in [0.1, 0.15) is 19.3 Å². The highest BCUT2D eigenvalue weighted by atomic mass is 79.9. The van der Waals surface area contributed by atoms with Crippen LogP contribution in [0, 0.1) is 21.8 Å². The number of halogens is 2. The van der Waals surface area contributed by atoms with Crippen LogP contribution in [0.2, 0.25) is 0 Å². The summed E-state index contributed by atoms with van der Waals surface area (Å²) in [4.78, 5) is 13.0. The predicted octanol–water partition coefficient (Wildman–Crippen LogP) is 3.39. The van der Waals surface area contributed by atoms with E-state index in [1.807, 2.05) is 0 Å². The Hall–Kier alpha value is -1.21. The third kappa shape index (κ3) is 3.35. The Bertz CT molecular complexity index is 565. The van der Waals surface area contributed by atoms with Crippen molar-refractivity contribution in [2.45, 2.75) is 25.3 Å². The third-order valence-corrected chi connectivity index (χ3v) is 4.80. The van der Waals surface area contributed by atoms with E-state index in [-0.39, 0.29) is 15.8 Å². The highest BCUT2D eigenvalue weighted by molar-refractivity contribution is 9.10. The average molecular weight is 358 g/mol. The van der Waals surface area contributed by atoms with E-state index in [4.69, 9.17) is 0 Å². The molecule has 114 valence electrons. The molecular weight excluding hydrogens is 341 g/mol. The number of hydrogen-bond acceptors (Lipinski definition) is 4. The molecule has 1 N–H and O–H groups in total. The van der Waals surface area contributed by atoms with Crippen molar-refractivity contribution < 1.29 is 9.31 Å². The van der Waals surface area contributed by atoms with Gasteiger partial charge in [0.1, 0.15) is 11.5 Å². The molecular formula is C14H17BrFN3O2. The third-order valence-electron chi connectivity index (χ3n) is 4.20. The maximum atomic E-state index is 13.6. The monoisotopic (exact) mass is 357 g/mol. The van der Waals surface area contributed by atoms with Crippen LogP contribution in [0.4, 0.5) is 15.8 Å². The van der Waals surface area contributed by atoms with Crippen LogP contribution in [0.5, 0.6) is 0 Å². The van der Waals surface area contributed by atoms with E-state index in [2.05, 4.69) is 26.1 Å². The topological polar surface area (TPSA) is 58.4 Å². The first-order valence-electron chi connectivity index (χ1n) is 7.16. The van der Waals surface area contributed by atoms with Crippen molar-refractivity contribution in [3.8, 4) is 0 Å². The van der Waals surface area contributed by atoms with Gasteiger partial charge in [-0.25, -0.2) is 4.39 Å². The van der Waals surface area contributed by atoms with E-state index in [9.17, 15) is 14.5 Å². The Balaban J connectivity index is 1.64. The summed E-state index contributed by atoms with van der Waals surface area (Å²) < 4.78 is 13.7. The summed E-state index contributed by atoms with van der Waals surface area (Å²) in [5.41, 5.74) is 0.158. The van der Waals surface area contributed by atoms with Crippen LogP contribution in [-0.4, -0.2) is 35.5 Å². The van der Waals surface area contributed by atoms with Crippen molar-refractivity contribution in [2.24, 2.45) is 5.92 Å². The van der Waals surface area contributed by atoms with E-state index in [0.717, 1.165) is 25.6 Å². The summed E-state index contributed by atoms with van der Waals surface area (Å²) in [7, 11) is 0. The standard InChI is InChI=1S/C14H17BrFN3O2/c15-11-5-14(19(20)21)13(6-12(11)16)17-7-9-3-4-18(8-9)10-1-2-10/h5-6,9-10,17H,1-4,7-8H2. The van der Waals surface area contributed by atoms with Gasteiger partial charge in [-0.1, -0.05) is 0 Å². The first-order valence-corrected chi connectivity index (χ1v) is 7.95. The van der Waals surface area contributed by atoms with Gasteiger partial charge in [0, 0.05) is 31.3 Å². The molecule has 1 aromatic carbocycles. The highest BCUT2D eigenvalue weighted by Gasteiger charge is 2.34. The quantitative estimate of drug-likeness (QED) is 0.648. The highest BCUT2D eigenvalue weighted by Crippen LogP contribution is 2.33. The van der Waals surface area contributed by atoms with E-state index in [1.54, 1.807) is 0 Å². The lowest BCUT2D eigenvalue weighted by atomic mass is 10.1. The van der Waals surface area contributed by atoms with Crippen LogP contribution in [0.3, 0.4) is 0 Å². The molecule has 3 rings (SSSR count). The Labute approximate surface area is 130 Å². The maximum Gasteiger partial charge on any atom is 0.293 e. The van der Waals surface area contributed by atoms with Crippen molar-refractivity contribution in [1.29, 1.82) is 0 Å². The van der Waals surface area contributed by atoms with Gasteiger partial charge in [-0.3, -0.25) is 10.1 Å². The molecule has 1 aromatic rings. The molecule has 7 heteroatoms. The lowest BCUT2D eigenvalue weighted by Crippen LogP contribution is -2.24. The Morgan fingerprint density at radius 2 is 2.19 bits per heavy atom. The van der Waals surface area contributed by atoms with Gasteiger partial charge in [-0.2, -0.15) is 0 Å². The Morgan fingerprint density at radius 3 is 2.86 bits per heavy atom. The van der Waals surface area contributed by atoms with Crippen LogP contribution in [0.15, 0.2) is 16.6 Å². The van der Waals surface area contributed by atoms with Gasteiger partial charge in [-0.05, 0) is 47.7 Å². The van der Waals surface area contributed by atoms with Crippen LogP contribution >= 0.6 is 15.9 Å². The van der Waals surface area contributed by atoms with Gasteiger partial charge in [0.15, 0.2) is 0 Å². The molecule has 0 spiro atoms. The number of rotatable bonds is 5. The Morgan fingerprint density at radius 1 is 1.43 bits per heavy atom. The summed E-state index contributed by atoms with van der Waals surface area (Å²) in [5.74, 6) is -0.0222. The zero-order valence-corrected chi connectivity index (χ0v) is 13.1. The number of nitro groups is 1. The Kier molecular flexibility index (Phi) is 4.12. The number of hydrogen-bond donors (Lipinski definition) is 1. The van der Waals surface area contributed by atoms with Crippen LogP contribution in [-0.2, 0) is 0 Å². The zero-order valence-electron chi connectivity index (χ0n) is 11.5. The molecule has 1 aliphatic heterocycles. The molecule has 1 saturated carbocycles. The zero-order chi connectivity index (χ0) is 15.0. The lowest BCUT2D eigenvalue weighted by molar-refractivity contribution is -0.384. The van der Waals surface area contributed by atoms with E-state index in [0.29, 0.717) is 12.5 Å². The van der Waals surface area contributed by atoms with E-state index >= 15 is 0 Å². The minimum atomic E-state index is -0.492. The number of likely N-dealkylation sites (tertiary alicyclic amines) is 1. The molecule has 0 amide bonds. The first-order chi connectivity index (χ1) is 10.0. The van der Waals surface area contributed by atoms with Crippen molar-refractivity contribution in [2.75, 3.05) is 25.0 Å². The van der Waals surface area contributed by atoms with E-state index < -0.39 is 10.7 Å². The number of benzene rings is 1. The second kappa shape index (κ2) is 5.88. The largest absolute Gasteiger partial charge is 0.379 e. The molecule has 1 saturated heterocycles. The minimum absolute atomic E-state index is 0.0969. The average Bonchev–Trinajstić information content (AvgIpc) is 3.19. The fourth-order valence-electron chi connectivity index (χ4n) is 2.88. The molecule has 2 aliphatic rings.